The molecule has 0 atom stereocenters. The molecule has 0 aliphatic carbocycles. The van der Waals surface area contributed by atoms with E-state index < -0.39 is 0 Å². The molecule has 0 spiro atoms. The van der Waals surface area contributed by atoms with Crippen molar-refractivity contribution < 1.29 is 9.53 Å². The first-order valence-corrected chi connectivity index (χ1v) is 10.4. The predicted molar refractivity (Wildman–Crippen MR) is 118 cm³/mol. The van der Waals surface area contributed by atoms with Crippen LogP contribution in [-0.4, -0.2) is 45.6 Å². The zero-order chi connectivity index (χ0) is 21.4. The number of pyridine rings is 1. The summed E-state index contributed by atoms with van der Waals surface area (Å²) in [6, 6.07) is 1.71. The van der Waals surface area contributed by atoms with Crippen molar-refractivity contribution in [2.24, 2.45) is 5.92 Å². The van der Waals surface area contributed by atoms with E-state index in [-0.39, 0.29) is 17.6 Å². The molecule has 4 heterocycles. The van der Waals surface area contributed by atoms with E-state index in [0.717, 1.165) is 27.7 Å². The number of nitrogen functional groups attached to an aromatic ring is 1. The maximum absolute atomic E-state index is 12.4. The van der Waals surface area contributed by atoms with Crippen LogP contribution in [0.1, 0.15) is 29.9 Å². The number of hydrogen-bond acceptors (Lipinski definition) is 9. The van der Waals surface area contributed by atoms with Crippen molar-refractivity contribution in [1.82, 2.24) is 19.9 Å². The average molecular weight is 426 g/mol. The highest BCUT2D eigenvalue weighted by atomic mass is 32.1. The monoisotopic (exact) mass is 425 g/mol. The van der Waals surface area contributed by atoms with Gasteiger partial charge in [0.2, 0.25) is 11.8 Å². The number of anilines is 3. The number of nitrogens with one attached hydrogen (secondary N) is 2. The second-order valence-electron chi connectivity index (χ2n) is 7.36. The number of aromatic nitrogens is 3. The van der Waals surface area contributed by atoms with E-state index in [1.54, 1.807) is 17.4 Å². The van der Waals surface area contributed by atoms with Crippen LogP contribution in [0.4, 0.5) is 17.3 Å². The topological polar surface area (TPSA) is 130 Å². The highest BCUT2D eigenvalue weighted by Gasteiger charge is 2.27. The molecule has 1 amide bonds. The summed E-state index contributed by atoms with van der Waals surface area (Å²) in [5, 5.41) is 11.8. The summed E-state index contributed by atoms with van der Waals surface area (Å²) in [6.45, 7) is 5.12. The van der Waals surface area contributed by atoms with E-state index in [9.17, 15) is 4.79 Å². The number of carbonyl (C=O) groups excluding carboxylic acids is 1. The number of carbonyl (C=O) groups is 1. The molecule has 0 radical (unpaired) electrons. The van der Waals surface area contributed by atoms with Crippen LogP contribution in [0.25, 0.3) is 10.2 Å². The lowest BCUT2D eigenvalue weighted by Gasteiger charge is -2.28. The van der Waals surface area contributed by atoms with Crippen LogP contribution in [0.3, 0.4) is 0 Å². The minimum atomic E-state index is -0.0218. The molecule has 156 valence electrons. The Labute approximate surface area is 177 Å². The summed E-state index contributed by atoms with van der Waals surface area (Å²) < 4.78 is 5.35. The highest BCUT2D eigenvalue weighted by Crippen LogP contribution is 2.39. The Hall–Kier alpha value is -3.27. The van der Waals surface area contributed by atoms with Crippen molar-refractivity contribution >= 4 is 51.0 Å². The number of hydrogen-bond donors (Lipinski definition) is 3. The Morgan fingerprint density at radius 1 is 1.43 bits per heavy atom. The van der Waals surface area contributed by atoms with Crippen LogP contribution >= 0.6 is 11.3 Å². The molecule has 0 unspecified atom stereocenters. The van der Waals surface area contributed by atoms with E-state index in [1.165, 1.54) is 19.0 Å². The van der Waals surface area contributed by atoms with Gasteiger partial charge in [-0.3, -0.25) is 4.79 Å². The SMILES string of the molecule is COc1nc(N)c(C=N)cc1Nc1ncnc2sc3c(c12)CCN(C(=O)C(C)C)C3. The van der Waals surface area contributed by atoms with E-state index in [4.69, 9.17) is 15.9 Å². The third-order valence-electron chi connectivity index (χ3n) is 5.09. The fourth-order valence-corrected chi connectivity index (χ4v) is 4.79. The van der Waals surface area contributed by atoms with Gasteiger partial charge in [-0.1, -0.05) is 13.8 Å². The molecule has 3 aromatic heterocycles. The van der Waals surface area contributed by atoms with E-state index >= 15 is 0 Å². The lowest BCUT2D eigenvalue weighted by Crippen LogP contribution is -2.37. The first-order chi connectivity index (χ1) is 14.4. The van der Waals surface area contributed by atoms with Gasteiger partial charge in [-0.2, -0.15) is 4.98 Å². The van der Waals surface area contributed by atoms with Gasteiger partial charge < -0.3 is 26.1 Å². The molecule has 0 bridgehead atoms. The minimum Gasteiger partial charge on any atom is -0.479 e. The van der Waals surface area contributed by atoms with Gasteiger partial charge in [0.05, 0.1) is 19.0 Å². The molecular weight excluding hydrogens is 402 g/mol. The Bertz CT molecular complexity index is 1140. The highest BCUT2D eigenvalue weighted by molar-refractivity contribution is 7.19. The van der Waals surface area contributed by atoms with Crippen molar-refractivity contribution in [3.8, 4) is 5.88 Å². The second kappa shape index (κ2) is 7.86. The van der Waals surface area contributed by atoms with Gasteiger partial charge in [0, 0.05) is 29.1 Å². The average Bonchev–Trinajstić information content (AvgIpc) is 3.12. The number of fused-ring (bicyclic) bond motifs is 3. The van der Waals surface area contributed by atoms with Gasteiger partial charge in [0.1, 0.15) is 28.5 Å². The first-order valence-electron chi connectivity index (χ1n) is 9.59. The Kier molecular flexibility index (Phi) is 5.25. The quantitative estimate of drug-likeness (QED) is 0.536. The smallest absolute Gasteiger partial charge is 0.239 e. The molecular formula is C20H23N7O2S. The van der Waals surface area contributed by atoms with Crippen LogP contribution in [0.2, 0.25) is 0 Å². The maximum Gasteiger partial charge on any atom is 0.239 e. The fraction of sp³-hybridized carbons (Fsp3) is 0.350. The largest absolute Gasteiger partial charge is 0.479 e. The summed E-state index contributed by atoms with van der Waals surface area (Å²) >= 11 is 1.59. The van der Waals surface area contributed by atoms with Crippen LogP contribution in [0, 0.1) is 11.3 Å². The molecule has 10 heteroatoms. The summed E-state index contributed by atoms with van der Waals surface area (Å²) in [6.07, 6.45) is 3.41. The van der Waals surface area contributed by atoms with Crippen LogP contribution in [0.5, 0.6) is 5.88 Å². The minimum absolute atomic E-state index is 0.0218. The lowest BCUT2D eigenvalue weighted by molar-refractivity contribution is -0.135. The molecule has 0 saturated carbocycles. The summed E-state index contributed by atoms with van der Waals surface area (Å²) in [5.41, 5.74) is 8.09. The standard InChI is InChI=1S/C20H23N7O2S/c1-10(2)20(28)27-5-4-12-14(8-27)30-19-15(12)17(23-9-24-19)25-13-6-11(7-21)16(22)26-18(13)29-3/h6-7,9-10,21H,4-5,8H2,1-3H3,(H2,22,26)(H,23,24,25). The number of nitrogens with zero attached hydrogens (tertiary/aromatic N) is 4. The lowest BCUT2D eigenvalue weighted by atomic mass is 10.0. The molecule has 3 aromatic rings. The molecule has 0 fully saturated rings. The molecule has 1 aliphatic heterocycles. The number of nitrogens with two attached hydrogens (primary N) is 1. The van der Waals surface area contributed by atoms with Crippen molar-refractivity contribution in [3.63, 3.8) is 0 Å². The van der Waals surface area contributed by atoms with Gasteiger partial charge in [-0.25, -0.2) is 9.97 Å². The number of ether oxygens (including phenoxy) is 1. The molecule has 0 aromatic carbocycles. The Morgan fingerprint density at radius 2 is 2.23 bits per heavy atom. The van der Waals surface area contributed by atoms with Gasteiger partial charge in [0.15, 0.2) is 0 Å². The number of methoxy groups -OCH3 is 1. The Balaban J connectivity index is 1.74. The van der Waals surface area contributed by atoms with Gasteiger partial charge in [-0.15, -0.1) is 11.3 Å². The van der Waals surface area contributed by atoms with E-state index in [0.29, 0.717) is 36.0 Å². The number of amides is 1. The van der Waals surface area contributed by atoms with Gasteiger partial charge in [-0.05, 0) is 18.1 Å². The second-order valence-corrected chi connectivity index (χ2v) is 8.44. The zero-order valence-electron chi connectivity index (χ0n) is 17.0. The van der Waals surface area contributed by atoms with Crippen LogP contribution in [-0.2, 0) is 17.8 Å². The summed E-state index contributed by atoms with van der Waals surface area (Å²) in [7, 11) is 1.51. The zero-order valence-corrected chi connectivity index (χ0v) is 17.8. The first kappa shape index (κ1) is 20.0. The van der Waals surface area contributed by atoms with Crippen molar-refractivity contribution in [2.45, 2.75) is 26.8 Å². The van der Waals surface area contributed by atoms with E-state index in [1.807, 2.05) is 18.7 Å². The van der Waals surface area contributed by atoms with E-state index in [2.05, 4.69) is 20.3 Å². The molecule has 1 aliphatic rings. The van der Waals surface area contributed by atoms with Crippen LogP contribution in [0.15, 0.2) is 12.4 Å². The molecule has 30 heavy (non-hydrogen) atoms. The van der Waals surface area contributed by atoms with Crippen molar-refractivity contribution in [3.05, 3.63) is 28.4 Å². The third kappa shape index (κ3) is 3.43. The fourth-order valence-electron chi connectivity index (χ4n) is 3.59. The molecule has 4 rings (SSSR count). The summed E-state index contributed by atoms with van der Waals surface area (Å²) in [5.74, 6) is 1.33. The Morgan fingerprint density at radius 3 is 2.93 bits per heavy atom. The van der Waals surface area contributed by atoms with Gasteiger partial charge >= 0.3 is 0 Å². The summed E-state index contributed by atoms with van der Waals surface area (Å²) in [4.78, 5) is 29.5. The molecule has 0 saturated heterocycles. The predicted octanol–water partition coefficient (Wildman–Crippen LogP) is 2.96. The van der Waals surface area contributed by atoms with Crippen molar-refractivity contribution in [2.75, 3.05) is 24.7 Å². The maximum atomic E-state index is 12.4. The molecule has 4 N–H and O–H groups in total. The van der Waals surface area contributed by atoms with Crippen LogP contribution < -0.4 is 15.8 Å². The number of rotatable bonds is 5. The number of thiophene rings is 1. The third-order valence-corrected chi connectivity index (χ3v) is 6.22. The van der Waals surface area contributed by atoms with Gasteiger partial charge in [0.25, 0.3) is 0 Å². The molecule has 9 nitrogen and oxygen atoms in total. The normalized spacial score (nSPS) is 13.4. The van der Waals surface area contributed by atoms with Crippen molar-refractivity contribution in [1.29, 1.82) is 5.41 Å².